The normalized spacial score (nSPS) is 10.9. The molecule has 2 N–H and O–H groups in total. The summed E-state index contributed by atoms with van der Waals surface area (Å²) in [6.45, 7) is 2.38. The lowest BCUT2D eigenvalue weighted by molar-refractivity contribution is -0.115. The highest BCUT2D eigenvalue weighted by atomic mass is 35.5. The van der Waals surface area contributed by atoms with Crippen molar-refractivity contribution in [3.63, 3.8) is 0 Å². The molecule has 12 heteroatoms. The summed E-state index contributed by atoms with van der Waals surface area (Å²) in [5, 5.41) is 12.4. The van der Waals surface area contributed by atoms with Gasteiger partial charge in [-0.2, -0.15) is 0 Å². The zero-order valence-electron chi connectivity index (χ0n) is 20.9. The molecule has 0 saturated carbocycles. The smallest absolute Gasteiger partial charge is 0.354 e. The number of urea groups is 1. The van der Waals surface area contributed by atoms with Crippen molar-refractivity contribution in [1.29, 1.82) is 0 Å². The summed E-state index contributed by atoms with van der Waals surface area (Å²) in [5.74, 6) is -0.368. The lowest BCUT2D eigenvalue weighted by atomic mass is 10.2. The zero-order chi connectivity index (χ0) is 27.7. The van der Waals surface area contributed by atoms with E-state index in [-0.39, 0.29) is 29.7 Å². The number of nitrogens with one attached hydrogen (secondary N) is 1. The first kappa shape index (κ1) is 27.9. The molecule has 0 atom stereocenters. The van der Waals surface area contributed by atoms with Crippen molar-refractivity contribution >= 4 is 41.7 Å². The Morgan fingerprint density at radius 1 is 1.13 bits per heavy atom. The van der Waals surface area contributed by atoms with E-state index in [2.05, 4.69) is 15.3 Å². The van der Waals surface area contributed by atoms with Crippen molar-refractivity contribution in [2.24, 2.45) is 4.99 Å². The van der Waals surface area contributed by atoms with Gasteiger partial charge in [0, 0.05) is 36.9 Å². The summed E-state index contributed by atoms with van der Waals surface area (Å²) in [6.07, 6.45) is 1.89. The molecule has 0 fully saturated rings. The molecule has 1 aromatic heterocycles. The Labute approximate surface area is 224 Å². The Balaban J connectivity index is 1.94. The second kappa shape index (κ2) is 13.1. The maximum Gasteiger partial charge on any atom is 0.354 e. The molecule has 0 aliphatic rings. The van der Waals surface area contributed by atoms with Crippen LogP contribution in [0.4, 0.5) is 10.5 Å². The van der Waals surface area contributed by atoms with E-state index < -0.39 is 12.0 Å². The Morgan fingerprint density at radius 3 is 2.50 bits per heavy atom. The van der Waals surface area contributed by atoms with Crippen molar-refractivity contribution in [3.8, 4) is 17.2 Å². The number of nitrogens with zero attached hydrogens (tertiary/aromatic N) is 4. The quantitative estimate of drug-likeness (QED) is 0.231. The standard InChI is InChI=1S/C26H26ClN5O6/c1-4-31(2)26(36)30-25(32(16-33)15-17-5-7-18(27)8-6-17)29-19-9-10-22(23(13-19)37-3)38-20-11-12-28-21(14-20)24(34)35/h5-14,16H,4,15H2,1-3H3,(H,34,35)(H,29,30,36). The number of ether oxygens (including phenoxy) is 2. The van der Waals surface area contributed by atoms with Gasteiger partial charge in [0.15, 0.2) is 17.2 Å². The highest BCUT2D eigenvalue weighted by molar-refractivity contribution is 6.30. The molecular weight excluding hydrogens is 514 g/mol. The van der Waals surface area contributed by atoms with Gasteiger partial charge >= 0.3 is 12.0 Å². The third kappa shape index (κ3) is 7.43. The number of hydrogen-bond donors (Lipinski definition) is 2. The maximum atomic E-state index is 12.6. The number of carbonyl (C=O) groups excluding carboxylic acids is 2. The van der Waals surface area contributed by atoms with Gasteiger partial charge in [0.25, 0.3) is 0 Å². The molecule has 2 aromatic carbocycles. The number of halogens is 1. The summed E-state index contributed by atoms with van der Waals surface area (Å²) in [6, 6.07) is 14.0. The fourth-order valence-corrected chi connectivity index (χ4v) is 3.22. The summed E-state index contributed by atoms with van der Waals surface area (Å²) >= 11 is 5.96. The van der Waals surface area contributed by atoms with Gasteiger partial charge in [-0.3, -0.25) is 15.0 Å². The van der Waals surface area contributed by atoms with Crippen molar-refractivity contribution in [3.05, 3.63) is 77.1 Å². The van der Waals surface area contributed by atoms with E-state index in [4.69, 9.17) is 26.2 Å². The van der Waals surface area contributed by atoms with E-state index in [1.54, 1.807) is 49.5 Å². The Hall–Kier alpha value is -4.64. The van der Waals surface area contributed by atoms with E-state index in [0.29, 0.717) is 29.4 Å². The largest absolute Gasteiger partial charge is 0.493 e. The monoisotopic (exact) mass is 539 g/mol. The Morgan fingerprint density at radius 2 is 1.87 bits per heavy atom. The van der Waals surface area contributed by atoms with Gasteiger partial charge in [0.2, 0.25) is 12.4 Å². The van der Waals surface area contributed by atoms with Gasteiger partial charge in [0.05, 0.1) is 19.3 Å². The number of carboxylic acid groups (broad SMARTS) is 1. The highest BCUT2D eigenvalue weighted by Gasteiger charge is 2.18. The SMILES string of the molecule is CCN(C)C(=O)NC(=Nc1ccc(Oc2ccnc(C(=O)O)c2)c(OC)c1)N(C=O)Cc1ccc(Cl)cc1. The van der Waals surface area contributed by atoms with Gasteiger partial charge in [0.1, 0.15) is 5.75 Å². The van der Waals surface area contributed by atoms with Crippen LogP contribution in [-0.4, -0.2) is 65.0 Å². The maximum absolute atomic E-state index is 12.6. The lowest BCUT2D eigenvalue weighted by Crippen LogP contribution is -2.47. The van der Waals surface area contributed by atoms with E-state index in [0.717, 1.165) is 5.56 Å². The van der Waals surface area contributed by atoms with Crippen LogP contribution >= 0.6 is 11.6 Å². The van der Waals surface area contributed by atoms with Crippen LogP contribution in [0.15, 0.2) is 65.8 Å². The molecule has 3 aromatic rings. The van der Waals surface area contributed by atoms with E-state index in [1.165, 1.54) is 35.2 Å². The molecule has 0 aliphatic heterocycles. The number of guanidine groups is 1. The molecule has 3 amide bonds. The third-order valence-corrected chi connectivity index (χ3v) is 5.52. The number of aliphatic imine (C=N–C) groups is 1. The zero-order valence-corrected chi connectivity index (χ0v) is 21.7. The van der Waals surface area contributed by atoms with Gasteiger partial charge < -0.3 is 19.5 Å². The number of carbonyl (C=O) groups is 3. The predicted molar refractivity (Wildman–Crippen MR) is 141 cm³/mol. The topological polar surface area (TPSA) is 134 Å². The first-order valence-electron chi connectivity index (χ1n) is 11.4. The fourth-order valence-electron chi connectivity index (χ4n) is 3.10. The minimum Gasteiger partial charge on any atom is -0.493 e. The molecule has 1 heterocycles. The van der Waals surface area contributed by atoms with Crippen LogP contribution in [0.25, 0.3) is 0 Å². The van der Waals surface area contributed by atoms with E-state index in [9.17, 15) is 14.4 Å². The minimum atomic E-state index is -1.19. The molecule has 11 nitrogen and oxygen atoms in total. The first-order valence-corrected chi connectivity index (χ1v) is 11.7. The molecule has 0 saturated heterocycles. The third-order valence-electron chi connectivity index (χ3n) is 5.27. The van der Waals surface area contributed by atoms with Crippen LogP contribution < -0.4 is 14.8 Å². The van der Waals surface area contributed by atoms with Crippen LogP contribution in [0.5, 0.6) is 17.2 Å². The van der Waals surface area contributed by atoms with Crippen LogP contribution in [0, 0.1) is 0 Å². The molecular formula is C26H26ClN5O6. The summed E-state index contributed by atoms with van der Waals surface area (Å²) < 4.78 is 11.2. The van der Waals surface area contributed by atoms with Crippen molar-refractivity contribution in [2.45, 2.75) is 13.5 Å². The summed E-state index contributed by atoms with van der Waals surface area (Å²) in [5.41, 5.74) is 0.953. The van der Waals surface area contributed by atoms with Crippen LogP contribution in [-0.2, 0) is 11.3 Å². The second-order valence-electron chi connectivity index (χ2n) is 7.86. The number of hydrogen-bond acceptors (Lipinski definition) is 7. The molecule has 198 valence electrons. The molecule has 0 spiro atoms. The summed E-state index contributed by atoms with van der Waals surface area (Å²) in [4.78, 5) is 46.8. The number of aromatic nitrogens is 1. The molecule has 38 heavy (non-hydrogen) atoms. The first-order chi connectivity index (χ1) is 18.2. The molecule has 0 aliphatic carbocycles. The van der Waals surface area contributed by atoms with E-state index >= 15 is 0 Å². The number of amides is 3. The number of rotatable bonds is 9. The molecule has 3 rings (SSSR count). The van der Waals surface area contributed by atoms with Crippen molar-refractivity contribution in [2.75, 3.05) is 20.7 Å². The minimum absolute atomic E-state index is 0.00351. The Kier molecular flexibility index (Phi) is 9.60. The average molecular weight is 540 g/mol. The van der Waals surface area contributed by atoms with Crippen molar-refractivity contribution < 1.29 is 29.0 Å². The number of benzene rings is 2. The van der Waals surface area contributed by atoms with Gasteiger partial charge in [-0.15, -0.1) is 0 Å². The molecule has 0 bridgehead atoms. The van der Waals surface area contributed by atoms with Crippen molar-refractivity contribution in [1.82, 2.24) is 20.1 Å². The van der Waals surface area contributed by atoms with Gasteiger partial charge in [-0.1, -0.05) is 23.7 Å². The second-order valence-corrected chi connectivity index (χ2v) is 8.30. The van der Waals surface area contributed by atoms with Crippen LogP contribution in [0.2, 0.25) is 5.02 Å². The average Bonchev–Trinajstić information content (AvgIpc) is 2.92. The Bertz CT molecular complexity index is 1330. The molecule has 0 radical (unpaired) electrons. The number of methoxy groups -OCH3 is 1. The van der Waals surface area contributed by atoms with Gasteiger partial charge in [-0.25, -0.2) is 19.6 Å². The van der Waals surface area contributed by atoms with Gasteiger partial charge in [-0.05, 0) is 42.8 Å². The van der Waals surface area contributed by atoms with E-state index in [1.807, 2.05) is 6.92 Å². The number of aromatic carboxylic acids is 1. The highest BCUT2D eigenvalue weighted by Crippen LogP contribution is 2.35. The molecule has 0 unspecified atom stereocenters. The van der Waals surface area contributed by atoms with Crippen LogP contribution in [0.3, 0.4) is 0 Å². The predicted octanol–water partition coefficient (Wildman–Crippen LogP) is 4.54. The fraction of sp³-hybridized carbons (Fsp3) is 0.192. The number of carboxylic acids is 1. The summed E-state index contributed by atoms with van der Waals surface area (Å²) in [7, 11) is 3.05. The number of pyridine rings is 1. The lowest BCUT2D eigenvalue weighted by Gasteiger charge is -2.23. The van der Waals surface area contributed by atoms with Crippen LogP contribution in [0.1, 0.15) is 23.0 Å².